The molecule has 0 radical (unpaired) electrons. The number of benzene rings is 1. The number of anilines is 2. The smallest absolute Gasteiger partial charge is 0.251 e. The monoisotopic (exact) mass is 449 g/mol. The van der Waals surface area contributed by atoms with Crippen LogP contribution in [-0.4, -0.2) is 32.0 Å². The van der Waals surface area contributed by atoms with Gasteiger partial charge in [0, 0.05) is 31.3 Å². The van der Waals surface area contributed by atoms with Crippen molar-refractivity contribution in [2.75, 3.05) is 18.0 Å². The molecule has 8 nitrogen and oxygen atoms in total. The average molecular weight is 450 g/mol. The van der Waals surface area contributed by atoms with E-state index >= 15 is 0 Å². The molecule has 1 aromatic carbocycles. The van der Waals surface area contributed by atoms with E-state index in [4.69, 9.17) is 16.5 Å². The number of hydrogen-bond acceptors (Lipinski definition) is 6. The van der Waals surface area contributed by atoms with Crippen molar-refractivity contribution in [2.45, 2.75) is 45.6 Å². The number of nitrogens with one attached hydrogen (secondary N) is 1. The van der Waals surface area contributed by atoms with Gasteiger partial charge in [-0.05, 0) is 49.6 Å². The van der Waals surface area contributed by atoms with E-state index in [1.165, 1.54) is 12.1 Å². The maximum Gasteiger partial charge on any atom is 0.251 e. The average Bonchev–Trinajstić information content (AvgIpc) is 3.18. The van der Waals surface area contributed by atoms with Crippen LogP contribution in [0.1, 0.15) is 48.8 Å². The zero-order valence-corrected chi connectivity index (χ0v) is 18.6. The van der Waals surface area contributed by atoms with Gasteiger partial charge >= 0.3 is 0 Å². The van der Waals surface area contributed by atoms with E-state index < -0.39 is 5.82 Å². The molecule has 0 atom stereocenters. The van der Waals surface area contributed by atoms with Gasteiger partial charge in [-0.15, -0.1) is 0 Å². The second-order valence-electron chi connectivity index (χ2n) is 8.05. The summed E-state index contributed by atoms with van der Waals surface area (Å²) in [5.74, 6) is 0.466. The zero-order valence-electron chi connectivity index (χ0n) is 18.6. The minimum Gasteiger partial charge on any atom is -0.396 e. The number of halogens is 1. The number of amides is 1. The lowest BCUT2D eigenvalue weighted by molar-refractivity contribution is 0.0952. The highest BCUT2D eigenvalue weighted by atomic mass is 19.1. The van der Waals surface area contributed by atoms with Crippen molar-refractivity contribution in [3.05, 3.63) is 53.7 Å². The topological polar surface area (TPSA) is 125 Å². The zero-order chi connectivity index (χ0) is 23.4. The Morgan fingerprint density at radius 1 is 1.12 bits per heavy atom. The first-order valence-electron chi connectivity index (χ1n) is 11.2. The first-order valence-corrected chi connectivity index (χ1v) is 11.2. The molecule has 0 unspecified atom stereocenters. The highest BCUT2D eigenvalue weighted by molar-refractivity contribution is 6.04. The van der Waals surface area contributed by atoms with Crippen LogP contribution in [0.4, 0.5) is 15.9 Å². The summed E-state index contributed by atoms with van der Waals surface area (Å²) in [5.41, 5.74) is 15.1. The summed E-state index contributed by atoms with van der Waals surface area (Å²) in [6.07, 6.45) is 6.25. The molecule has 4 rings (SSSR count). The standard InChI is InChI=1S/C24H28FN7O/c1-2-3-8-19-31-21-22(20-18(30-23(21)27)7-6-12-28-20)32(19)13-5-4-11-29-24(33)15-9-10-17(26)16(25)14-15/h6-7,9-10,12,14H,2-5,8,11,13,26H2,1H3,(H2,27,30)(H,29,33). The first kappa shape index (κ1) is 22.4. The maximum absolute atomic E-state index is 13.6. The van der Waals surface area contributed by atoms with Crippen LogP contribution in [0.2, 0.25) is 0 Å². The van der Waals surface area contributed by atoms with Crippen LogP contribution in [0.3, 0.4) is 0 Å². The summed E-state index contributed by atoms with van der Waals surface area (Å²) in [5, 5.41) is 2.84. The van der Waals surface area contributed by atoms with Gasteiger partial charge in [0.2, 0.25) is 0 Å². The number of nitrogen functional groups attached to an aromatic ring is 2. The summed E-state index contributed by atoms with van der Waals surface area (Å²) in [6.45, 7) is 3.34. The van der Waals surface area contributed by atoms with Crippen molar-refractivity contribution in [2.24, 2.45) is 0 Å². The van der Waals surface area contributed by atoms with Crippen LogP contribution in [0, 0.1) is 5.82 Å². The summed E-state index contributed by atoms with van der Waals surface area (Å²) >= 11 is 0. The van der Waals surface area contributed by atoms with Crippen molar-refractivity contribution < 1.29 is 9.18 Å². The Labute approximate surface area is 191 Å². The van der Waals surface area contributed by atoms with E-state index in [9.17, 15) is 9.18 Å². The Kier molecular flexibility index (Phi) is 6.67. The lowest BCUT2D eigenvalue weighted by atomic mass is 10.2. The maximum atomic E-state index is 13.6. The van der Waals surface area contributed by atoms with Crippen molar-refractivity contribution >= 4 is 39.5 Å². The Morgan fingerprint density at radius 2 is 1.97 bits per heavy atom. The van der Waals surface area contributed by atoms with Crippen LogP contribution in [0.5, 0.6) is 0 Å². The Balaban J connectivity index is 1.48. The third-order valence-electron chi connectivity index (χ3n) is 5.65. The van der Waals surface area contributed by atoms with Crippen LogP contribution in [-0.2, 0) is 13.0 Å². The van der Waals surface area contributed by atoms with E-state index in [0.29, 0.717) is 17.9 Å². The van der Waals surface area contributed by atoms with Crippen LogP contribution >= 0.6 is 0 Å². The normalized spacial score (nSPS) is 11.3. The minimum absolute atomic E-state index is 0.0239. The number of carbonyl (C=O) groups is 1. The highest BCUT2D eigenvalue weighted by Crippen LogP contribution is 2.28. The van der Waals surface area contributed by atoms with Gasteiger partial charge in [0.05, 0.1) is 11.2 Å². The molecule has 0 saturated carbocycles. The summed E-state index contributed by atoms with van der Waals surface area (Å²) < 4.78 is 15.8. The number of rotatable bonds is 9. The van der Waals surface area contributed by atoms with Gasteiger partial charge in [0.25, 0.3) is 5.91 Å². The highest BCUT2D eigenvalue weighted by Gasteiger charge is 2.17. The second kappa shape index (κ2) is 9.81. The number of aryl methyl sites for hydroxylation is 2. The SMILES string of the molecule is CCCCc1nc2c(N)nc3cccnc3c2n1CCCCNC(=O)c1ccc(N)c(F)c1. The number of pyridine rings is 2. The van der Waals surface area contributed by atoms with Crippen LogP contribution < -0.4 is 16.8 Å². The van der Waals surface area contributed by atoms with Gasteiger partial charge in [-0.25, -0.2) is 14.4 Å². The number of aromatic nitrogens is 4. The number of nitrogens with zero attached hydrogens (tertiary/aromatic N) is 4. The van der Waals surface area contributed by atoms with Crippen molar-refractivity contribution in [1.29, 1.82) is 0 Å². The van der Waals surface area contributed by atoms with E-state index in [0.717, 1.165) is 67.1 Å². The summed E-state index contributed by atoms with van der Waals surface area (Å²) in [7, 11) is 0. The van der Waals surface area contributed by atoms with Gasteiger partial charge in [0.1, 0.15) is 28.2 Å². The molecule has 5 N–H and O–H groups in total. The van der Waals surface area contributed by atoms with Gasteiger partial charge in [-0.3, -0.25) is 9.78 Å². The molecular weight excluding hydrogens is 421 g/mol. The largest absolute Gasteiger partial charge is 0.396 e. The number of nitrogens with two attached hydrogens (primary N) is 2. The van der Waals surface area contributed by atoms with Gasteiger partial charge in [-0.1, -0.05) is 13.3 Å². The Hall–Kier alpha value is -3.75. The Morgan fingerprint density at radius 3 is 2.76 bits per heavy atom. The molecule has 1 amide bonds. The molecule has 0 aliphatic rings. The molecule has 33 heavy (non-hydrogen) atoms. The van der Waals surface area contributed by atoms with Crippen molar-refractivity contribution in [3.8, 4) is 0 Å². The number of fused-ring (bicyclic) bond motifs is 3. The first-order chi connectivity index (χ1) is 16.0. The lowest BCUT2D eigenvalue weighted by Crippen LogP contribution is -2.24. The predicted molar refractivity (Wildman–Crippen MR) is 128 cm³/mol. The molecule has 0 saturated heterocycles. The predicted octanol–water partition coefficient (Wildman–Crippen LogP) is 3.84. The quantitative estimate of drug-likeness (QED) is 0.263. The number of carbonyl (C=O) groups excluding carboxylic acids is 1. The third kappa shape index (κ3) is 4.72. The van der Waals surface area contributed by atoms with Crippen molar-refractivity contribution in [3.63, 3.8) is 0 Å². The molecule has 0 fully saturated rings. The van der Waals surface area contributed by atoms with Crippen LogP contribution in [0.15, 0.2) is 36.5 Å². The molecule has 0 aliphatic heterocycles. The van der Waals surface area contributed by atoms with Crippen molar-refractivity contribution in [1.82, 2.24) is 24.8 Å². The molecule has 3 aromatic heterocycles. The van der Waals surface area contributed by atoms with Gasteiger partial charge in [-0.2, -0.15) is 0 Å². The summed E-state index contributed by atoms with van der Waals surface area (Å²) in [6, 6.07) is 7.80. The number of hydrogen-bond donors (Lipinski definition) is 3. The molecule has 9 heteroatoms. The molecule has 0 spiro atoms. The number of unbranched alkanes of at least 4 members (excludes halogenated alkanes) is 2. The van der Waals surface area contributed by atoms with Gasteiger partial charge < -0.3 is 21.4 Å². The van der Waals surface area contributed by atoms with Crippen LogP contribution in [0.25, 0.3) is 22.1 Å². The fraction of sp³-hybridized carbons (Fsp3) is 0.333. The molecule has 4 aromatic rings. The fourth-order valence-corrected chi connectivity index (χ4v) is 3.90. The van der Waals surface area contributed by atoms with E-state index in [2.05, 4.69) is 26.8 Å². The van der Waals surface area contributed by atoms with E-state index in [-0.39, 0.29) is 17.2 Å². The molecule has 0 aliphatic carbocycles. The summed E-state index contributed by atoms with van der Waals surface area (Å²) in [4.78, 5) is 26.1. The molecule has 3 heterocycles. The second-order valence-corrected chi connectivity index (χ2v) is 8.05. The molecule has 0 bridgehead atoms. The molecular formula is C24H28FN7O. The fourth-order valence-electron chi connectivity index (χ4n) is 3.90. The van der Waals surface area contributed by atoms with Gasteiger partial charge in [0.15, 0.2) is 5.82 Å². The lowest BCUT2D eigenvalue weighted by Gasteiger charge is -2.11. The van der Waals surface area contributed by atoms with E-state index in [1.807, 2.05) is 12.1 Å². The number of imidazole rings is 1. The third-order valence-corrected chi connectivity index (χ3v) is 5.65. The minimum atomic E-state index is -0.594. The van der Waals surface area contributed by atoms with E-state index in [1.54, 1.807) is 6.20 Å². The Bertz CT molecular complexity index is 1300. The molecule has 172 valence electrons.